The van der Waals surface area contributed by atoms with Crippen molar-refractivity contribution in [3.63, 3.8) is 0 Å². The summed E-state index contributed by atoms with van der Waals surface area (Å²) < 4.78 is 0. The Kier molecular flexibility index (Phi) is 3.39. The van der Waals surface area contributed by atoms with Gasteiger partial charge < -0.3 is 0 Å². The van der Waals surface area contributed by atoms with E-state index < -0.39 is 4.92 Å². The Bertz CT molecular complexity index is 625. The predicted molar refractivity (Wildman–Crippen MR) is 68.0 cm³/mol. The third kappa shape index (κ3) is 2.38. The summed E-state index contributed by atoms with van der Waals surface area (Å²) in [5, 5.41) is 11.0. The summed E-state index contributed by atoms with van der Waals surface area (Å²) in [6.07, 6.45) is 0. The number of carbonyl (C=O) groups excluding carboxylic acids is 1. The predicted octanol–water partition coefficient (Wildman–Crippen LogP) is 3.48. The van der Waals surface area contributed by atoms with E-state index >= 15 is 0 Å². The molecule has 0 fully saturated rings. The number of nitro benzene ring substituents is 1. The van der Waals surface area contributed by atoms with Crippen LogP contribution in [0.5, 0.6) is 0 Å². The molecule has 0 saturated carbocycles. The van der Waals surface area contributed by atoms with Crippen LogP contribution >= 0.6 is 11.6 Å². The van der Waals surface area contributed by atoms with Crippen molar-refractivity contribution >= 4 is 23.1 Å². The van der Waals surface area contributed by atoms with E-state index in [1.54, 1.807) is 24.3 Å². The van der Waals surface area contributed by atoms with Crippen LogP contribution in [0.1, 0.15) is 15.9 Å². The third-order valence-corrected chi connectivity index (χ3v) is 2.77. The highest BCUT2D eigenvalue weighted by molar-refractivity contribution is 6.35. The highest BCUT2D eigenvalue weighted by atomic mass is 35.5. The Morgan fingerprint density at radius 3 is 2.50 bits per heavy atom. The van der Waals surface area contributed by atoms with Gasteiger partial charge in [-0.3, -0.25) is 14.9 Å². The quantitative estimate of drug-likeness (QED) is 0.483. The average Bonchev–Trinajstić information content (AvgIpc) is 2.38. The maximum absolute atomic E-state index is 12.1. The van der Waals surface area contributed by atoms with Gasteiger partial charge in [-0.2, -0.15) is 0 Å². The van der Waals surface area contributed by atoms with E-state index in [4.69, 9.17) is 11.6 Å². The van der Waals surface area contributed by atoms with Gasteiger partial charge in [-0.25, -0.2) is 0 Å². The second-order valence-electron chi connectivity index (χ2n) is 3.62. The van der Waals surface area contributed by atoms with E-state index in [0.717, 1.165) is 0 Å². The molecule has 0 radical (unpaired) electrons. The third-order valence-electron chi connectivity index (χ3n) is 2.44. The van der Waals surface area contributed by atoms with Gasteiger partial charge in [-0.15, -0.1) is 0 Å². The van der Waals surface area contributed by atoms with Crippen LogP contribution in [0.4, 0.5) is 5.69 Å². The summed E-state index contributed by atoms with van der Waals surface area (Å²) in [5.41, 5.74) is 0.463. The summed E-state index contributed by atoms with van der Waals surface area (Å²) in [6.45, 7) is 0. The second kappa shape index (κ2) is 4.98. The number of nitro groups is 1. The van der Waals surface area contributed by atoms with E-state index in [0.29, 0.717) is 10.6 Å². The van der Waals surface area contributed by atoms with Gasteiger partial charge in [-0.05, 0) is 12.1 Å². The minimum Gasteiger partial charge on any atom is -0.289 e. The highest BCUT2D eigenvalue weighted by Gasteiger charge is 2.15. The number of non-ortho nitro benzene ring substituents is 1. The molecule has 0 aliphatic heterocycles. The highest BCUT2D eigenvalue weighted by Crippen LogP contribution is 2.21. The zero-order valence-electron chi connectivity index (χ0n) is 9.17. The molecule has 2 aromatic carbocycles. The molecule has 0 saturated heterocycles. The number of ketones is 1. The smallest absolute Gasteiger partial charge is 0.270 e. The maximum Gasteiger partial charge on any atom is 0.270 e. The van der Waals surface area contributed by atoms with Crippen LogP contribution in [0.25, 0.3) is 0 Å². The molecule has 0 aliphatic carbocycles. The normalized spacial score (nSPS) is 10.1. The largest absolute Gasteiger partial charge is 0.289 e. The molecule has 4 nitrogen and oxygen atoms in total. The number of benzene rings is 2. The number of carbonyl (C=O) groups is 1. The molecule has 2 rings (SSSR count). The molecule has 0 spiro atoms. The zero-order valence-corrected chi connectivity index (χ0v) is 9.92. The minimum absolute atomic E-state index is 0.118. The van der Waals surface area contributed by atoms with Gasteiger partial charge in [0.25, 0.3) is 5.69 Å². The average molecular weight is 262 g/mol. The van der Waals surface area contributed by atoms with Crippen LogP contribution in [0.15, 0.2) is 48.5 Å². The first-order valence-corrected chi connectivity index (χ1v) is 5.51. The van der Waals surface area contributed by atoms with Crippen molar-refractivity contribution in [3.05, 3.63) is 74.8 Å². The maximum atomic E-state index is 12.1. The van der Waals surface area contributed by atoms with Gasteiger partial charge >= 0.3 is 0 Å². The SMILES string of the molecule is O=C(c1cccc([N+](=O)[O-])c1)c1ccccc1Cl. The molecule has 5 heteroatoms. The lowest BCUT2D eigenvalue weighted by atomic mass is 10.0. The van der Waals surface area contributed by atoms with Crippen LogP contribution in [-0.2, 0) is 0 Å². The van der Waals surface area contributed by atoms with Crippen LogP contribution in [-0.4, -0.2) is 10.7 Å². The Balaban J connectivity index is 2.44. The first-order valence-electron chi connectivity index (χ1n) is 5.13. The molecular formula is C13H8ClNO3. The van der Waals surface area contributed by atoms with E-state index in [2.05, 4.69) is 0 Å². The molecule has 0 aromatic heterocycles. The summed E-state index contributed by atoms with van der Waals surface area (Å²) in [4.78, 5) is 22.2. The van der Waals surface area contributed by atoms with Gasteiger partial charge in [-0.1, -0.05) is 35.9 Å². The lowest BCUT2D eigenvalue weighted by Gasteiger charge is -2.03. The minimum atomic E-state index is -0.538. The van der Waals surface area contributed by atoms with E-state index in [9.17, 15) is 14.9 Å². The standard InChI is InChI=1S/C13H8ClNO3/c14-12-7-2-1-6-11(12)13(16)9-4-3-5-10(8-9)15(17)18/h1-8H. The summed E-state index contributed by atoms with van der Waals surface area (Å²) in [7, 11) is 0. The molecule has 2 aromatic rings. The molecule has 18 heavy (non-hydrogen) atoms. The fourth-order valence-corrected chi connectivity index (χ4v) is 1.78. The van der Waals surface area contributed by atoms with Gasteiger partial charge in [0.05, 0.1) is 9.95 Å². The van der Waals surface area contributed by atoms with Crippen LogP contribution in [0.2, 0.25) is 5.02 Å². The van der Waals surface area contributed by atoms with Gasteiger partial charge in [0.2, 0.25) is 0 Å². The van der Waals surface area contributed by atoms with E-state index in [1.807, 2.05) is 0 Å². The topological polar surface area (TPSA) is 60.2 Å². The van der Waals surface area contributed by atoms with Crippen molar-refractivity contribution in [1.82, 2.24) is 0 Å². The van der Waals surface area contributed by atoms with Crippen molar-refractivity contribution in [1.29, 1.82) is 0 Å². The number of nitrogens with zero attached hydrogens (tertiary/aromatic N) is 1. The second-order valence-corrected chi connectivity index (χ2v) is 4.02. The molecule has 0 N–H and O–H groups in total. The zero-order chi connectivity index (χ0) is 13.1. The first kappa shape index (κ1) is 12.3. The summed E-state index contributed by atoms with van der Waals surface area (Å²) >= 11 is 5.92. The Hall–Kier alpha value is -2.20. The van der Waals surface area contributed by atoms with Gasteiger partial charge in [0.15, 0.2) is 5.78 Å². The molecule has 90 valence electrons. The molecule has 0 unspecified atom stereocenters. The number of rotatable bonds is 3. The summed E-state index contributed by atoms with van der Waals surface area (Å²) in [5.74, 6) is -0.329. The van der Waals surface area contributed by atoms with Gasteiger partial charge in [0, 0.05) is 23.3 Å². The molecule has 0 amide bonds. The molecule has 0 bridgehead atoms. The Labute approximate surface area is 108 Å². The van der Waals surface area contributed by atoms with Gasteiger partial charge in [0.1, 0.15) is 0 Å². The lowest BCUT2D eigenvalue weighted by molar-refractivity contribution is -0.384. The van der Waals surface area contributed by atoms with E-state index in [-0.39, 0.29) is 17.0 Å². The summed E-state index contributed by atoms with van der Waals surface area (Å²) in [6, 6.07) is 12.2. The first-order chi connectivity index (χ1) is 8.59. The number of hydrogen-bond acceptors (Lipinski definition) is 3. The molecule has 0 atom stereocenters. The van der Waals surface area contributed by atoms with Crippen LogP contribution < -0.4 is 0 Å². The Morgan fingerprint density at radius 2 is 1.83 bits per heavy atom. The van der Waals surface area contributed by atoms with Crippen molar-refractivity contribution in [2.75, 3.05) is 0 Å². The molecule has 0 heterocycles. The lowest BCUT2D eigenvalue weighted by Crippen LogP contribution is -2.02. The van der Waals surface area contributed by atoms with Crippen LogP contribution in [0.3, 0.4) is 0 Å². The van der Waals surface area contributed by atoms with Crippen LogP contribution in [0, 0.1) is 10.1 Å². The van der Waals surface area contributed by atoms with E-state index in [1.165, 1.54) is 24.3 Å². The Morgan fingerprint density at radius 1 is 1.11 bits per heavy atom. The van der Waals surface area contributed by atoms with Crippen molar-refractivity contribution in [2.24, 2.45) is 0 Å². The fraction of sp³-hybridized carbons (Fsp3) is 0. The van der Waals surface area contributed by atoms with Crippen molar-refractivity contribution in [2.45, 2.75) is 0 Å². The van der Waals surface area contributed by atoms with Crippen molar-refractivity contribution < 1.29 is 9.72 Å². The number of halogens is 1. The molecule has 0 aliphatic rings. The molecular weight excluding hydrogens is 254 g/mol. The monoisotopic (exact) mass is 261 g/mol. The van der Waals surface area contributed by atoms with Crippen molar-refractivity contribution in [3.8, 4) is 0 Å². The number of hydrogen-bond donors (Lipinski definition) is 0. The fourth-order valence-electron chi connectivity index (χ4n) is 1.56.